The van der Waals surface area contributed by atoms with Gasteiger partial charge >= 0.3 is 0 Å². The Balaban J connectivity index is 2.19. The standard InChI is InChI=1S/C15H19N/c1-11-12(2)15(7-9-16-10-8-15)14-6-4-3-5-13(11)14/h3-6,16H,7-10H2,1-2H3. The highest BCUT2D eigenvalue weighted by Gasteiger charge is 2.41. The summed E-state index contributed by atoms with van der Waals surface area (Å²) >= 11 is 0. The highest BCUT2D eigenvalue weighted by atomic mass is 14.9. The Hall–Kier alpha value is -1.08. The minimum Gasteiger partial charge on any atom is -0.317 e. The lowest BCUT2D eigenvalue weighted by atomic mass is 9.71. The Morgan fingerprint density at radius 2 is 1.75 bits per heavy atom. The molecule has 3 rings (SSSR count). The van der Waals surface area contributed by atoms with Gasteiger partial charge in [-0.3, -0.25) is 0 Å². The average molecular weight is 213 g/mol. The van der Waals surface area contributed by atoms with E-state index in [1.165, 1.54) is 24.0 Å². The molecule has 1 spiro atoms. The number of piperidine rings is 1. The van der Waals surface area contributed by atoms with Crippen molar-refractivity contribution < 1.29 is 0 Å². The molecule has 1 saturated heterocycles. The van der Waals surface area contributed by atoms with Crippen molar-refractivity contribution in [3.63, 3.8) is 0 Å². The quantitative estimate of drug-likeness (QED) is 0.698. The van der Waals surface area contributed by atoms with E-state index in [1.807, 2.05) is 0 Å². The molecule has 1 N–H and O–H groups in total. The minimum absolute atomic E-state index is 0.353. The molecule has 1 aromatic rings. The molecule has 1 aliphatic heterocycles. The van der Waals surface area contributed by atoms with Crippen molar-refractivity contribution in [3.05, 3.63) is 41.0 Å². The van der Waals surface area contributed by atoms with Gasteiger partial charge in [0.15, 0.2) is 0 Å². The van der Waals surface area contributed by atoms with Crippen molar-refractivity contribution >= 4 is 5.57 Å². The van der Waals surface area contributed by atoms with Crippen LogP contribution in [0.5, 0.6) is 0 Å². The number of fused-ring (bicyclic) bond motifs is 2. The molecule has 1 heterocycles. The van der Waals surface area contributed by atoms with Gasteiger partial charge in [0.1, 0.15) is 0 Å². The van der Waals surface area contributed by atoms with Crippen LogP contribution in [0.2, 0.25) is 0 Å². The first kappa shape index (κ1) is 10.1. The van der Waals surface area contributed by atoms with E-state index in [1.54, 1.807) is 11.1 Å². The normalized spacial score (nSPS) is 22.6. The Morgan fingerprint density at radius 1 is 1.06 bits per heavy atom. The zero-order valence-corrected chi connectivity index (χ0v) is 10.1. The first-order valence-corrected chi connectivity index (χ1v) is 6.24. The molecule has 16 heavy (non-hydrogen) atoms. The molecule has 0 bridgehead atoms. The molecular weight excluding hydrogens is 194 g/mol. The van der Waals surface area contributed by atoms with Crippen LogP contribution in [0, 0.1) is 0 Å². The zero-order valence-electron chi connectivity index (χ0n) is 10.1. The third-order valence-corrected chi connectivity index (χ3v) is 4.58. The second kappa shape index (κ2) is 3.46. The first-order chi connectivity index (χ1) is 7.76. The van der Waals surface area contributed by atoms with Gasteiger partial charge in [-0.1, -0.05) is 29.8 Å². The van der Waals surface area contributed by atoms with Crippen LogP contribution in [0.4, 0.5) is 0 Å². The predicted molar refractivity (Wildman–Crippen MR) is 68.5 cm³/mol. The lowest BCUT2D eigenvalue weighted by Crippen LogP contribution is -2.39. The maximum absolute atomic E-state index is 3.48. The summed E-state index contributed by atoms with van der Waals surface area (Å²) in [5, 5.41) is 3.48. The van der Waals surface area contributed by atoms with E-state index < -0.39 is 0 Å². The van der Waals surface area contributed by atoms with Crippen molar-refractivity contribution in [1.29, 1.82) is 0 Å². The summed E-state index contributed by atoms with van der Waals surface area (Å²) < 4.78 is 0. The smallest absolute Gasteiger partial charge is 0.0195 e. The van der Waals surface area contributed by atoms with Gasteiger partial charge in [-0.05, 0) is 56.5 Å². The molecule has 1 fully saturated rings. The lowest BCUT2D eigenvalue weighted by Gasteiger charge is -2.37. The summed E-state index contributed by atoms with van der Waals surface area (Å²) in [6.07, 6.45) is 2.51. The lowest BCUT2D eigenvalue weighted by molar-refractivity contribution is 0.361. The molecule has 1 aromatic carbocycles. The van der Waals surface area contributed by atoms with E-state index in [9.17, 15) is 0 Å². The Morgan fingerprint density at radius 3 is 2.50 bits per heavy atom. The van der Waals surface area contributed by atoms with Crippen LogP contribution >= 0.6 is 0 Å². The van der Waals surface area contributed by atoms with Crippen LogP contribution < -0.4 is 5.32 Å². The van der Waals surface area contributed by atoms with E-state index in [0.29, 0.717) is 5.41 Å². The third kappa shape index (κ3) is 1.15. The number of benzene rings is 1. The van der Waals surface area contributed by atoms with Crippen molar-refractivity contribution in [1.82, 2.24) is 5.32 Å². The SMILES string of the molecule is CC1=C(C)C2(CCNCC2)c2ccccc21. The second-order valence-electron chi connectivity index (χ2n) is 5.13. The Labute approximate surface area is 97.6 Å². The predicted octanol–water partition coefficient (Wildman–Crippen LogP) is 3.11. The summed E-state index contributed by atoms with van der Waals surface area (Å²) in [7, 11) is 0. The van der Waals surface area contributed by atoms with Crippen molar-refractivity contribution in [2.24, 2.45) is 0 Å². The van der Waals surface area contributed by atoms with Gasteiger partial charge in [-0.15, -0.1) is 0 Å². The third-order valence-electron chi connectivity index (χ3n) is 4.58. The molecular formula is C15H19N. The van der Waals surface area contributed by atoms with Crippen molar-refractivity contribution in [2.45, 2.75) is 32.1 Å². The Bertz CT molecular complexity index is 450. The Kier molecular flexibility index (Phi) is 2.18. The highest BCUT2D eigenvalue weighted by molar-refractivity contribution is 5.78. The molecule has 0 amide bonds. The molecule has 1 aliphatic carbocycles. The van der Waals surface area contributed by atoms with Crippen LogP contribution in [0.15, 0.2) is 29.8 Å². The average Bonchev–Trinajstić information content (AvgIpc) is 2.55. The number of rotatable bonds is 0. The maximum atomic E-state index is 3.48. The largest absolute Gasteiger partial charge is 0.317 e. The van der Waals surface area contributed by atoms with Crippen LogP contribution in [0.3, 0.4) is 0 Å². The molecule has 0 radical (unpaired) electrons. The van der Waals surface area contributed by atoms with Crippen LogP contribution in [-0.4, -0.2) is 13.1 Å². The summed E-state index contributed by atoms with van der Waals surface area (Å²) in [5.74, 6) is 0. The zero-order chi connectivity index (χ0) is 11.2. The molecule has 0 aromatic heterocycles. The van der Waals surface area contributed by atoms with E-state index in [4.69, 9.17) is 0 Å². The van der Waals surface area contributed by atoms with Gasteiger partial charge in [-0.2, -0.15) is 0 Å². The molecule has 1 nitrogen and oxygen atoms in total. The van der Waals surface area contributed by atoms with E-state index >= 15 is 0 Å². The molecule has 0 unspecified atom stereocenters. The van der Waals surface area contributed by atoms with Crippen LogP contribution in [-0.2, 0) is 5.41 Å². The van der Waals surface area contributed by atoms with Gasteiger partial charge in [0.25, 0.3) is 0 Å². The second-order valence-corrected chi connectivity index (χ2v) is 5.13. The summed E-state index contributed by atoms with van der Waals surface area (Å²) in [4.78, 5) is 0. The highest BCUT2D eigenvalue weighted by Crippen LogP contribution is 2.50. The summed E-state index contributed by atoms with van der Waals surface area (Å²) in [5.41, 5.74) is 6.53. The van der Waals surface area contributed by atoms with Gasteiger partial charge in [0.05, 0.1) is 0 Å². The summed E-state index contributed by atoms with van der Waals surface area (Å²) in [6, 6.07) is 8.97. The van der Waals surface area contributed by atoms with Crippen molar-refractivity contribution in [2.75, 3.05) is 13.1 Å². The van der Waals surface area contributed by atoms with Crippen molar-refractivity contribution in [3.8, 4) is 0 Å². The van der Waals surface area contributed by atoms with Gasteiger partial charge in [0.2, 0.25) is 0 Å². The van der Waals surface area contributed by atoms with E-state index in [-0.39, 0.29) is 0 Å². The van der Waals surface area contributed by atoms with E-state index in [2.05, 4.69) is 43.4 Å². The number of hydrogen-bond acceptors (Lipinski definition) is 1. The maximum Gasteiger partial charge on any atom is 0.0195 e. The molecule has 84 valence electrons. The number of hydrogen-bond donors (Lipinski definition) is 1. The molecule has 2 aliphatic rings. The fourth-order valence-electron chi connectivity index (χ4n) is 3.49. The number of nitrogens with one attached hydrogen (secondary N) is 1. The first-order valence-electron chi connectivity index (χ1n) is 6.24. The van der Waals surface area contributed by atoms with Gasteiger partial charge < -0.3 is 5.32 Å². The minimum atomic E-state index is 0.353. The fraction of sp³-hybridized carbons (Fsp3) is 0.467. The van der Waals surface area contributed by atoms with Gasteiger partial charge in [0, 0.05) is 5.41 Å². The monoisotopic (exact) mass is 213 g/mol. The number of allylic oxidation sites excluding steroid dienone is 2. The van der Waals surface area contributed by atoms with Gasteiger partial charge in [-0.25, -0.2) is 0 Å². The molecule has 0 saturated carbocycles. The fourth-order valence-corrected chi connectivity index (χ4v) is 3.49. The molecule has 0 atom stereocenters. The van der Waals surface area contributed by atoms with Crippen LogP contribution in [0.1, 0.15) is 37.8 Å². The molecule has 1 heteroatoms. The van der Waals surface area contributed by atoms with Crippen LogP contribution in [0.25, 0.3) is 5.57 Å². The topological polar surface area (TPSA) is 12.0 Å². The van der Waals surface area contributed by atoms with E-state index in [0.717, 1.165) is 13.1 Å². The summed E-state index contributed by atoms with van der Waals surface area (Å²) in [6.45, 7) is 6.92.